The molecule has 0 aromatic carbocycles. The van der Waals surface area contributed by atoms with Crippen LogP contribution in [-0.2, 0) is 19.1 Å². The molecule has 0 aromatic heterocycles. The Hall–Kier alpha value is -1.85. The number of carbonyl (C=O) groups is 3. The minimum absolute atomic E-state index is 0.00624. The van der Waals surface area contributed by atoms with Gasteiger partial charge in [0.2, 0.25) is 0 Å². The first kappa shape index (κ1) is 23.1. The molecule has 0 aliphatic rings. The van der Waals surface area contributed by atoms with E-state index < -0.39 is 29.6 Å². The Labute approximate surface area is 151 Å². The Kier molecular flexibility index (Phi) is 9.46. The van der Waals surface area contributed by atoms with Crippen molar-refractivity contribution in [3.8, 4) is 0 Å². The predicted octanol–water partition coefficient (Wildman–Crippen LogP) is 3.50. The van der Waals surface area contributed by atoms with E-state index in [2.05, 4.69) is 11.9 Å². The zero-order chi connectivity index (χ0) is 19.8. The number of hydrogen-bond donors (Lipinski definition) is 1. The summed E-state index contributed by atoms with van der Waals surface area (Å²) in [5.74, 6) is -1.39. The number of Topliss-reactive ketones (excluding diaryl/α,β-unsaturated/α-hetero) is 1. The molecule has 6 nitrogen and oxygen atoms in total. The minimum Gasteiger partial charge on any atom is -0.461 e. The standard InChI is InChI=1S/C19H33NO5/c1-9-10-24-17(22)14(12(2)3)11-15(21)16(13(4)5)20-18(23)25-19(6,7)8/h9,12-14,16H,1,10-11H2,2-8H3,(H,20,23)/t14-,16-/m0/s1. The lowest BCUT2D eigenvalue weighted by atomic mass is 9.86. The van der Waals surface area contributed by atoms with Crippen molar-refractivity contribution >= 4 is 17.8 Å². The number of ether oxygens (including phenoxy) is 2. The van der Waals surface area contributed by atoms with E-state index in [4.69, 9.17) is 9.47 Å². The van der Waals surface area contributed by atoms with E-state index in [0.717, 1.165) is 0 Å². The average Bonchev–Trinajstić information content (AvgIpc) is 2.45. The van der Waals surface area contributed by atoms with Gasteiger partial charge in [0.05, 0.1) is 12.0 Å². The highest BCUT2D eigenvalue weighted by Crippen LogP contribution is 2.20. The van der Waals surface area contributed by atoms with E-state index in [9.17, 15) is 14.4 Å². The van der Waals surface area contributed by atoms with Crippen molar-refractivity contribution in [3.05, 3.63) is 12.7 Å². The molecule has 0 aliphatic heterocycles. The molecule has 0 radical (unpaired) electrons. The first-order valence-electron chi connectivity index (χ1n) is 8.68. The molecule has 0 aliphatic carbocycles. The van der Waals surface area contributed by atoms with Crippen LogP contribution in [0.25, 0.3) is 0 Å². The van der Waals surface area contributed by atoms with Gasteiger partial charge in [-0.3, -0.25) is 9.59 Å². The lowest BCUT2D eigenvalue weighted by Crippen LogP contribution is -2.47. The van der Waals surface area contributed by atoms with Crippen LogP contribution in [0.1, 0.15) is 54.9 Å². The number of rotatable bonds is 9. The highest BCUT2D eigenvalue weighted by atomic mass is 16.6. The Balaban J connectivity index is 5.04. The van der Waals surface area contributed by atoms with E-state index in [1.54, 1.807) is 20.8 Å². The highest BCUT2D eigenvalue weighted by Gasteiger charge is 2.32. The van der Waals surface area contributed by atoms with Crippen LogP contribution in [0.4, 0.5) is 4.79 Å². The number of hydrogen-bond acceptors (Lipinski definition) is 5. The Morgan fingerprint density at radius 3 is 2.04 bits per heavy atom. The Morgan fingerprint density at radius 2 is 1.64 bits per heavy atom. The quantitative estimate of drug-likeness (QED) is 0.506. The fourth-order valence-electron chi connectivity index (χ4n) is 2.24. The van der Waals surface area contributed by atoms with Gasteiger partial charge in [0.1, 0.15) is 12.2 Å². The van der Waals surface area contributed by atoms with Gasteiger partial charge < -0.3 is 14.8 Å². The van der Waals surface area contributed by atoms with Gasteiger partial charge in [-0.05, 0) is 32.6 Å². The van der Waals surface area contributed by atoms with Crippen molar-refractivity contribution in [1.29, 1.82) is 0 Å². The van der Waals surface area contributed by atoms with Gasteiger partial charge >= 0.3 is 12.1 Å². The predicted molar refractivity (Wildman–Crippen MR) is 97.1 cm³/mol. The molecule has 0 fully saturated rings. The second-order valence-electron chi connectivity index (χ2n) is 7.81. The van der Waals surface area contributed by atoms with Crippen LogP contribution in [0, 0.1) is 17.8 Å². The smallest absolute Gasteiger partial charge is 0.408 e. The molecule has 0 saturated carbocycles. The lowest BCUT2D eigenvalue weighted by molar-refractivity contribution is -0.150. The largest absolute Gasteiger partial charge is 0.461 e. The summed E-state index contributed by atoms with van der Waals surface area (Å²) in [5, 5.41) is 2.62. The summed E-state index contributed by atoms with van der Waals surface area (Å²) in [4.78, 5) is 36.8. The van der Waals surface area contributed by atoms with E-state index in [1.807, 2.05) is 27.7 Å². The summed E-state index contributed by atoms with van der Waals surface area (Å²) in [7, 11) is 0. The SMILES string of the molecule is C=CCOC(=O)[C@@H](CC(=O)[C@@H](NC(=O)OC(C)(C)C)C(C)C)C(C)C. The van der Waals surface area contributed by atoms with E-state index in [0.29, 0.717) is 0 Å². The molecule has 0 aromatic rings. The summed E-state index contributed by atoms with van der Waals surface area (Å²) in [6.45, 7) is 16.3. The molecule has 144 valence electrons. The normalized spacial score (nSPS) is 14.0. The molecule has 0 spiro atoms. The van der Waals surface area contributed by atoms with Gasteiger partial charge in [-0.25, -0.2) is 4.79 Å². The molecule has 0 unspecified atom stereocenters. The summed E-state index contributed by atoms with van der Waals surface area (Å²) in [6, 6.07) is -0.719. The van der Waals surface area contributed by atoms with Gasteiger partial charge in [-0.1, -0.05) is 40.3 Å². The molecule has 0 bridgehead atoms. The maximum Gasteiger partial charge on any atom is 0.408 e. The van der Waals surface area contributed by atoms with Crippen LogP contribution in [-0.4, -0.2) is 36.1 Å². The molecular weight excluding hydrogens is 322 g/mol. The summed E-state index contributed by atoms with van der Waals surface area (Å²) in [6.07, 6.45) is 0.847. The molecule has 0 heterocycles. The third-order valence-electron chi connectivity index (χ3n) is 3.56. The Morgan fingerprint density at radius 1 is 1.08 bits per heavy atom. The Bertz CT molecular complexity index is 477. The third-order valence-corrected chi connectivity index (χ3v) is 3.56. The molecule has 1 N–H and O–H groups in total. The van der Waals surface area contributed by atoms with Gasteiger partial charge in [-0.2, -0.15) is 0 Å². The fourth-order valence-corrected chi connectivity index (χ4v) is 2.24. The number of esters is 1. The van der Waals surface area contributed by atoms with Gasteiger partial charge in [0, 0.05) is 6.42 Å². The minimum atomic E-state index is -0.719. The zero-order valence-corrected chi connectivity index (χ0v) is 16.5. The summed E-state index contributed by atoms with van der Waals surface area (Å²) < 4.78 is 10.3. The molecule has 2 atom stereocenters. The highest BCUT2D eigenvalue weighted by molar-refractivity contribution is 5.90. The van der Waals surface area contributed by atoms with Crippen molar-refractivity contribution < 1.29 is 23.9 Å². The summed E-state index contributed by atoms with van der Waals surface area (Å²) >= 11 is 0. The maximum atomic E-state index is 12.7. The van der Waals surface area contributed by atoms with Gasteiger partial charge in [0.15, 0.2) is 5.78 Å². The van der Waals surface area contributed by atoms with Crippen molar-refractivity contribution in [2.24, 2.45) is 17.8 Å². The topological polar surface area (TPSA) is 81.7 Å². The third kappa shape index (κ3) is 9.27. The van der Waals surface area contributed by atoms with E-state index in [1.165, 1.54) is 6.08 Å². The number of amides is 1. The average molecular weight is 355 g/mol. The number of alkyl carbamates (subject to hydrolysis) is 1. The van der Waals surface area contributed by atoms with Gasteiger partial charge in [-0.15, -0.1) is 0 Å². The van der Waals surface area contributed by atoms with Crippen LogP contribution < -0.4 is 5.32 Å². The maximum absolute atomic E-state index is 12.7. The van der Waals surface area contributed by atoms with Gasteiger partial charge in [0.25, 0.3) is 0 Å². The molecule has 0 rings (SSSR count). The monoisotopic (exact) mass is 355 g/mol. The van der Waals surface area contributed by atoms with Crippen LogP contribution in [0.3, 0.4) is 0 Å². The molecular formula is C19H33NO5. The summed E-state index contributed by atoms with van der Waals surface area (Å²) in [5.41, 5.74) is -0.649. The molecule has 0 saturated heterocycles. The van der Waals surface area contributed by atoms with Crippen molar-refractivity contribution in [3.63, 3.8) is 0 Å². The zero-order valence-electron chi connectivity index (χ0n) is 16.5. The lowest BCUT2D eigenvalue weighted by Gasteiger charge is -2.26. The van der Waals surface area contributed by atoms with Crippen molar-refractivity contribution in [2.75, 3.05) is 6.61 Å². The van der Waals surface area contributed by atoms with Crippen molar-refractivity contribution in [2.45, 2.75) is 66.5 Å². The second kappa shape index (κ2) is 10.2. The van der Waals surface area contributed by atoms with Crippen LogP contribution in [0.5, 0.6) is 0 Å². The fraction of sp³-hybridized carbons (Fsp3) is 0.737. The van der Waals surface area contributed by atoms with Crippen LogP contribution >= 0.6 is 0 Å². The van der Waals surface area contributed by atoms with Crippen LogP contribution in [0.2, 0.25) is 0 Å². The van der Waals surface area contributed by atoms with Crippen molar-refractivity contribution in [1.82, 2.24) is 5.32 Å². The first-order chi connectivity index (χ1) is 11.4. The second-order valence-corrected chi connectivity index (χ2v) is 7.81. The number of nitrogens with one attached hydrogen (secondary N) is 1. The van der Waals surface area contributed by atoms with E-state index in [-0.39, 0.29) is 30.6 Å². The molecule has 6 heteroatoms. The molecule has 25 heavy (non-hydrogen) atoms. The first-order valence-corrected chi connectivity index (χ1v) is 8.68. The number of ketones is 1. The number of carbonyl (C=O) groups excluding carboxylic acids is 3. The van der Waals surface area contributed by atoms with Crippen LogP contribution in [0.15, 0.2) is 12.7 Å². The molecule has 1 amide bonds. The van der Waals surface area contributed by atoms with E-state index >= 15 is 0 Å².